The Hall–Kier alpha value is -1.69. The number of hydrogen-bond donors (Lipinski definition) is 2. The Morgan fingerprint density at radius 3 is 2.58 bits per heavy atom. The number of thioether (sulfide) groups is 1. The van der Waals surface area contributed by atoms with E-state index in [0.717, 1.165) is 49.9 Å². The minimum absolute atomic E-state index is 0.150. The molecule has 1 aromatic carbocycles. The van der Waals surface area contributed by atoms with Crippen LogP contribution in [0.25, 0.3) is 0 Å². The number of benzene rings is 1. The summed E-state index contributed by atoms with van der Waals surface area (Å²) in [4.78, 5) is 18.2. The Kier molecular flexibility index (Phi) is 8.81. The third-order valence-corrected chi connectivity index (χ3v) is 5.83. The normalized spacial score (nSPS) is 15.8. The molecule has 5 nitrogen and oxygen atoms in total. The Morgan fingerprint density at radius 2 is 1.96 bits per heavy atom. The molecular weight excluding hydrogens is 344 g/mol. The summed E-state index contributed by atoms with van der Waals surface area (Å²) in [6, 6.07) is 8.75. The number of aliphatic imine (C=N–C) groups is 1. The Morgan fingerprint density at radius 1 is 1.27 bits per heavy atom. The van der Waals surface area contributed by atoms with Crippen LogP contribution in [0, 0.1) is 12.8 Å². The molecule has 0 spiro atoms. The molecule has 2 rings (SSSR count). The van der Waals surface area contributed by atoms with Gasteiger partial charge in [0.15, 0.2) is 5.96 Å². The molecule has 2 N–H and O–H groups in total. The van der Waals surface area contributed by atoms with Crippen LogP contribution in [-0.2, 0) is 10.5 Å². The van der Waals surface area contributed by atoms with E-state index < -0.39 is 0 Å². The SMILES string of the molecule is CN=C(NCCSCc1ccc(C)cc1)N1CCC(CC(=O)NC)CC1. The number of hydrogen-bond acceptors (Lipinski definition) is 3. The summed E-state index contributed by atoms with van der Waals surface area (Å²) in [6.07, 6.45) is 2.75. The zero-order valence-corrected chi connectivity index (χ0v) is 17.1. The number of carbonyl (C=O) groups excluding carboxylic acids is 1. The van der Waals surface area contributed by atoms with Crippen LogP contribution < -0.4 is 10.6 Å². The maximum absolute atomic E-state index is 11.5. The smallest absolute Gasteiger partial charge is 0.220 e. The first-order valence-corrected chi connectivity index (χ1v) is 10.6. The van der Waals surface area contributed by atoms with Crippen molar-refractivity contribution in [1.29, 1.82) is 0 Å². The maximum atomic E-state index is 11.5. The molecule has 0 unspecified atom stereocenters. The fourth-order valence-corrected chi connectivity index (χ4v) is 3.97. The highest BCUT2D eigenvalue weighted by molar-refractivity contribution is 7.98. The van der Waals surface area contributed by atoms with Gasteiger partial charge in [-0.1, -0.05) is 29.8 Å². The number of nitrogens with one attached hydrogen (secondary N) is 2. The summed E-state index contributed by atoms with van der Waals surface area (Å²) < 4.78 is 0. The van der Waals surface area contributed by atoms with Crippen molar-refractivity contribution in [2.24, 2.45) is 10.9 Å². The highest BCUT2D eigenvalue weighted by Crippen LogP contribution is 2.20. The van der Waals surface area contributed by atoms with E-state index in [2.05, 4.69) is 51.7 Å². The molecule has 1 amide bonds. The molecule has 0 atom stereocenters. The van der Waals surface area contributed by atoms with Crippen LogP contribution in [0.3, 0.4) is 0 Å². The van der Waals surface area contributed by atoms with E-state index in [-0.39, 0.29) is 5.91 Å². The van der Waals surface area contributed by atoms with Gasteiger partial charge in [-0.05, 0) is 31.2 Å². The van der Waals surface area contributed by atoms with Crippen molar-refractivity contribution in [3.63, 3.8) is 0 Å². The monoisotopic (exact) mass is 376 g/mol. The second-order valence-corrected chi connectivity index (χ2v) is 7.93. The van der Waals surface area contributed by atoms with E-state index >= 15 is 0 Å². The number of nitrogens with zero attached hydrogens (tertiary/aromatic N) is 2. The first kappa shape index (κ1) is 20.6. The fourth-order valence-electron chi connectivity index (χ4n) is 3.15. The van der Waals surface area contributed by atoms with Crippen LogP contribution in [0.4, 0.5) is 0 Å². The summed E-state index contributed by atoms with van der Waals surface area (Å²) in [6.45, 7) is 4.98. The van der Waals surface area contributed by atoms with Crippen molar-refractivity contribution in [2.75, 3.05) is 39.5 Å². The predicted molar refractivity (Wildman–Crippen MR) is 112 cm³/mol. The van der Waals surface area contributed by atoms with Gasteiger partial charge in [0, 0.05) is 51.7 Å². The van der Waals surface area contributed by atoms with Crippen molar-refractivity contribution < 1.29 is 4.79 Å². The van der Waals surface area contributed by atoms with E-state index in [1.165, 1.54) is 11.1 Å². The van der Waals surface area contributed by atoms with E-state index in [0.29, 0.717) is 12.3 Å². The van der Waals surface area contributed by atoms with Gasteiger partial charge in [-0.2, -0.15) is 11.8 Å². The number of aryl methyl sites for hydroxylation is 1. The molecule has 0 aliphatic carbocycles. The molecular formula is C20H32N4OS. The third kappa shape index (κ3) is 6.90. The van der Waals surface area contributed by atoms with Gasteiger partial charge < -0.3 is 15.5 Å². The predicted octanol–water partition coefficient (Wildman–Crippen LogP) is 2.65. The van der Waals surface area contributed by atoms with Crippen LogP contribution in [-0.4, -0.2) is 56.2 Å². The van der Waals surface area contributed by atoms with Crippen molar-refractivity contribution in [3.8, 4) is 0 Å². The molecule has 1 fully saturated rings. The second-order valence-electron chi connectivity index (χ2n) is 6.82. The fraction of sp³-hybridized carbons (Fsp3) is 0.600. The summed E-state index contributed by atoms with van der Waals surface area (Å²) in [5.74, 6) is 3.73. The van der Waals surface area contributed by atoms with Gasteiger partial charge in [-0.25, -0.2) is 0 Å². The second kappa shape index (κ2) is 11.1. The van der Waals surface area contributed by atoms with E-state index in [1.54, 1.807) is 7.05 Å². The van der Waals surface area contributed by atoms with Crippen LogP contribution in [0.1, 0.15) is 30.4 Å². The molecule has 1 aromatic rings. The average Bonchev–Trinajstić information content (AvgIpc) is 2.67. The van der Waals surface area contributed by atoms with Crippen LogP contribution in [0.5, 0.6) is 0 Å². The zero-order valence-electron chi connectivity index (χ0n) is 16.3. The lowest BCUT2D eigenvalue weighted by molar-refractivity contribution is -0.121. The summed E-state index contributed by atoms with van der Waals surface area (Å²) >= 11 is 1.94. The van der Waals surface area contributed by atoms with Crippen LogP contribution in [0.2, 0.25) is 0 Å². The van der Waals surface area contributed by atoms with E-state index in [4.69, 9.17) is 0 Å². The number of carbonyl (C=O) groups is 1. The van der Waals surface area contributed by atoms with E-state index in [1.807, 2.05) is 18.8 Å². The zero-order chi connectivity index (χ0) is 18.8. The Balaban J connectivity index is 1.63. The Labute approximate surface area is 162 Å². The largest absolute Gasteiger partial charge is 0.359 e. The summed E-state index contributed by atoms with van der Waals surface area (Å²) in [7, 11) is 3.55. The van der Waals surface area contributed by atoms with Gasteiger partial charge in [0.1, 0.15) is 0 Å². The van der Waals surface area contributed by atoms with Crippen molar-refractivity contribution in [2.45, 2.75) is 31.9 Å². The summed E-state index contributed by atoms with van der Waals surface area (Å²) in [5, 5.41) is 6.20. The van der Waals surface area contributed by atoms with Gasteiger partial charge in [-0.15, -0.1) is 0 Å². The molecule has 0 radical (unpaired) electrons. The average molecular weight is 377 g/mol. The molecule has 0 bridgehead atoms. The third-order valence-electron chi connectivity index (χ3n) is 4.80. The number of piperidine rings is 1. The molecule has 0 aromatic heterocycles. The van der Waals surface area contributed by atoms with Crippen molar-refractivity contribution >= 4 is 23.6 Å². The minimum atomic E-state index is 0.150. The molecule has 26 heavy (non-hydrogen) atoms. The minimum Gasteiger partial charge on any atom is -0.359 e. The van der Waals surface area contributed by atoms with Gasteiger partial charge in [0.25, 0.3) is 0 Å². The number of amides is 1. The van der Waals surface area contributed by atoms with Crippen LogP contribution in [0.15, 0.2) is 29.3 Å². The van der Waals surface area contributed by atoms with E-state index in [9.17, 15) is 4.79 Å². The number of likely N-dealkylation sites (tertiary alicyclic amines) is 1. The lowest BCUT2D eigenvalue weighted by Gasteiger charge is -2.34. The van der Waals surface area contributed by atoms with Gasteiger partial charge in [-0.3, -0.25) is 9.79 Å². The lowest BCUT2D eigenvalue weighted by Crippen LogP contribution is -2.46. The first-order chi connectivity index (χ1) is 12.6. The molecule has 1 aliphatic rings. The van der Waals surface area contributed by atoms with Crippen molar-refractivity contribution in [1.82, 2.24) is 15.5 Å². The number of rotatable bonds is 7. The molecule has 144 valence electrons. The standard InChI is InChI=1S/C20H32N4OS/c1-16-4-6-18(7-5-16)15-26-13-10-23-20(22-3)24-11-8-17(9-12-24)14-19(25)21-2/h4-7,17H,8-15H2,1-3H3,(H,21,25)(H,22,23). The van der Waals surface area contributed by atoms with Crippen molar-refractivity contribution in [3.05, 3.63) is 35.4 Å². The molecule has 1 saturated heterocycles. The Bertz CT molecular complexity index is 580. The number of guanidine groups is 1. The highest BCUT2D eigenvalue weighted by Gasteiger charge is 2.22. The highest BCUT2D eigenvalue weighted by atomic mass is 32.2. The van der Waals surface area contributed by atoms with Gasteiger partial charge in [0.2, 0.25) is 5.91 Å². The molecule has 6 heteroatoms. The molecule has 1 aliphatic heterocycles. The lowest BCUT2D eigenvalue weighted by atomic mass is 9.93. The first-order valence-electron chi connectivity index (χ1n) is 9.42. The van der Waals surface area contributed by atoms with Gasteiger partial charge in [0.05, 0.1) is 0 Å². The maximum Gasteiger partial charge on any atom is 0.220 e. The quantitative estimate of drug-likeness (QED) is 0.436. The molecule has 0 saturated carbocycles. The molecule has 1 heterocycles. The van der Waals surface area contributed by atoms with Crippen LogP contribution >= 0.6 is 11.8 Å². The van der Waals surface area contributed by atoms with Gasteiger partial charge >= 0.3 is 0 Å². The summed E-state index contributed by atoms with van der Waals surface area (Å²) in [5.41, 5.74) is 2.69. The topological polar surface area (TPSA) is 56.7 Å².